The second kappa shape index (κ2) is 8.41. The molecule has 0 N–H and O–H groups in total. The van der Waals surface area contributed by atoms with Gasteiger partial charge >= 0.3 is 5.97 Å². The van der Waals surface area contributed by atoms with Crippen LogP contribution in [0.15, 0.2) is 60.7 Å². The monoisotopic (exact) mass is 455 g/mol. The first-order chi connectivity index (χ1) is 14.9. The average Bonchev–Trinajstić information content (AvgIpc) is 3.02. The van der Waals surface area contributed by atoms with Gasteiger partial charge in [0.2, 0.25) is 0 Å². The van der Waals surface area contributed by atoms with Gasteiger partial charge in [0.25, 0.3) is 11.8 Å². The van der Waals surface area contributed by atoms with Crippen molar-refractivity contribution in [2.45, 2.75) is 6.54 Å². The Hall–Kier alpha value is -3.35. The number of amides is 2. The highest BCUT2D eigenvalue weighted by Gasteiger charge is 2.35. The number of methoxy groups -OCH3 is 1. The van der Waals surface area contributed by atoms with Crippen molar-refractivity contribution in [2.75, 3.05) is 7.11 Å². The van der Waals surface area contributed by atoms with E-state index in [0.29, 0.717) is 16.7 Å². The zero-order chi connectivity index (χ0) is 22.1. The molecule has 1 aliphatic heterocycles. The normalized spacial score (nSPS) is 12.7. The first-order valence-electron chi connectivity index (χ1n) is 9.19. The molecule has 0 saturated carbocycles. The van der Waals surface area contributed by atoms with E-state index in [9.17, 15) is 14.4 Å². The molecule has 0 radical (unpaired) electrons. The number of nitrogens with zero attached hydrogens (tertiary/aromatic N) is 1. The second-order valence-corrected chi connectivity index (χ2v) is 7.50. The number of imide groups is 1. The first kappa shape index (κ1) is 20.9. The lowest BCUT2D eigenvalue weighted by molar-refractivity contribution is 0.0642. The summed E-state index contributed by atoms with van der Waals surface area (Å²) in [6.07, 6.45) is 0. The van der Waals surface area contributed by atoms with Crippen LogP contribution in [0.2, 0.25) is 10.0 Å². The summed E-state index contributed by atoms with van der Waals surface area (Å²) in [5.41, 5.74) is 1.39. The summed E-state index contributed by atoms with van der Waals surface area (Å²) < 4.78 is 10.7. The van der Waals surface area contributed by atoms with Gasteiger partial charge in [0.1, 0.15) is 16.3 Å². The topological polar surface area (TPSA) is 72.9 Å². The predicted molar refractivity (Wildman–Crippen MR) is 115 cm³/mol. The van der Waals surface area contributed by atoms with E-state index >= 15 is 0 Å². The maximum atomic E-state index is 12.8. The fourth-order valence-electron chi connectivity index (χ4n) is 3.30. The van der Waals surface area contributed by atoms with Gasteiger partial charge in [0.15, 0.2) is 5.75 Å². The molecule has 1 aliphatic rings. The second-order valence-electron chi connectivity index (χ2n) is 6.72. The lowest BCUT2D eigenvalue weighted by Crippen LogP contribution is -2.29. The van der Waals surface area contributed by atoms with E-state index in [1.165, 1.54) is 19.2 Å². The van der Waals surface area contributed by atoms with E-state index in [1.54, 1.807) is 48.5 Å². The van der Waals surface area contributed by atoms with Crippen LogP contribution in [0.4, 0.5) is 0 Å². The number of hydrogen-bond donors (Lipinski definition) is 0. The summed E-state index contributed by atoms with van der Waals surface area (Å²) in [4.78, 5) is 39.2. The third-order valence-corrected chi connectivity index (χ3v) is 5.62. The summed E-state index contributed by atoms with van der Waals surface area (Å²) in [6, 6.07) is 16.1. The maximum absolute atomic E-state index is 12.8. The molecule has 4 rings (SSSR count). The molecule has 3 aromatic rings. The van der Waals surface area contributed by atoms with Crippen LogP contribution < -0.4 is 9.47 Å². The van der Waals surface area contributed by atoms with Crippen molar-refractivity contribution in [3.05, 3.63) is 93.0 Å². The van der Waals surface area contributed by atoms with E-state index in [-0.39, 0.29) is 45.5 Å². The number of hydrogen-bond acceptors (Lipinski definition) is 5. The molecule has 0 aliphatic carbocycles. The minimum absolute atomic E-state index is 0.00541. The number of benzene rings is 3. The third kappa shape index (κ3) is 3.87. The Morgan fingerprint density at radius 3 is 2.23 bits per heavy atom. The SMILES string of the molecule is COc1ccc(CN2C(=O)c3ccccc3C2=O)cc1C(=O)Oc1cccc(Cl)c1Cl. The lowest BCUT2D eigenvalue weighted by atomic mass is 10.1. The van der Waals surface area contributed by atoms with Crippen LogP contribution in [0.25, 0.3) is 0 Å². The van der Waals surface area contributed by atoms with Gasteiger partial charge in [-0.05, 0) is 42.0 Å². The van der Waals surface area contributed by atoms with Crippen molar-refractivity contribution < 1.29 is 23.9 Å². The number of carbonyl (C=O) groups is 3. The predicted octanol–water partition coefficient (Wildman–Crippen LogP) is 5.02. The number of carbonyl (C=O) groups excluding carboxylic acids is 3. The van der Waals surface area contributed by atoms with Gasteiger partial charge in [-0.1, -0.05) is 47.5 Å². The molecule has 31 heavy (non-hydrogen) atoms. The Kier molecular flexibility index (Phi) is 5.67. The minimum atomic E-state index is -0.717. The summed E-state index contributed by atoms with van der Waals surface area (Å²) in [5.74, 6) is -1.11. The fourth-order valence-corrected chi connectivity index (χ4v) is 3.63. The van der Waals surface area contributed by atoms with E-state index < -0.39 is 5.97 Å². The largest absolute Gasteiger partial charge is 0.496 e. The van der Waals surface area contributed by atoms with Crippen LogP contribution >= 0.6 is 23.2 Å². The van der Waals surface area contributed by atoms with Gasteiger partial charge in [-0.2, -0.15) is 0 Å². The van der Waals surface area contributed by atoms with Crippen LogP contribution in [0, 0.1) is 0 Å². The smallest absolute Gasteiger partial charge is 0.347 e. The molecule has 0 bridgehead atoms. The molecule has 156 valence electrons. The molecule has 2 amide bonds. The van der Waals surface area contributed by atoms with E-state index in [1.807, 2.05) is 0 Å². The molecular weight excluding hydrogens is 441 g/mol. The van der Waals surface area contributed by atoms with Crippen LogP contribution in [-0.4, -0.2) is 29.8 Å². The summed E-state index contributed by atoms with van der Waals surface area (Å²) in [7, 11) is 1.42. The van der Waals surface area contributed by atoms with Gasteiger partial charge in [-0.25, -0.2) is 4.79 Å². The third-order valence-electron chi connectivity index (χ3n) is 4.82. The summed E-state index contributed by atoms with van der Waals surface area (Å²) in [6.45, 7) is -0.00541. The van der Waals surface area contributed by atoms with Crippen LogP contribution in [-0.2, 0) is 6.54 Å². The Morgan fingerprint density at radius 1 is 0.903 bits per heavy atom. The highest BCUT2D eigenvalue weighted by molar-refractivity contribution is 6.43. The van der Waals surface area contributed by atoms with E-state index in [0.717, 1.165) is 4.90 Å². The van der Waals surface area contributed by atoms with Gasteiger partial charge in [-0.15, -0.1) is 0 Å². The Bertz CT molecular complexity index is 1190. The van der Waals surface area contributed by atoms with Crippen LogP contribution in [0.5, 0.6) is 11.5 Å². The Morgan fingerprint density at radius 2 is 1.58 bits per heavy atom. The van der Waals surface area contributed by atoms with E-state index in [2.05, 4.69) is 0 Å². The number of rotatable bonds is 5. The molecule has 0 unspecified atom stereocenters. The molecule has 0 aromatic heterocycles. The van der Waals surface area contributed by atoms with Gasteiger partial charge in [0, 0.05) is 0 Å². The fraction of sp³-hybridized carbons (Fsp3) is 0.0870. The molecule has 0 fully saturated rings. The van der Waals surface area contributed by atoms with Gasteiger partial charge in [0.05, 0.1) is 29.8 Å². The Labute approximate surface area is 187 Å². The molecule has 0 atom stereocenters. The quantitative estimate of drug-likeness (QED) is 0.306. The zero-order valence-corrected chi connectivity index (χ0v) is 17.7. The standard InChI is InChI=1S/C23H15Cl2NO5/c1-30-18-10-9-13(12-26-21(27)14-5-2-3-6-15(14)22(26)28)11-16(18)23(29)31-19-8-4-7-17(24)20(19)25/h2-11H,12H2,1H3. The number of ether oxygens (including phenoxy) is 2. The molecule has 6 nitrogen and oxygen atoms in total. The molecule has 3 aromatic carbocycles. The molecule has 0 saturated heterocycles. The molecular formula is C23H15Cl2NO5. The van der Waals surface area contributed by atoms with Crippen LogP contribution in [0.1, 0.15) is 36.6 Å². The highest BCUT2D eigenvalue weighted by atomic mass is 35.5. The van der Waals surface area contributed by atoms with Crippen molar-refractivity contribution in [2.24, 2.45) is 0 Å². The van der Waals surface area contributed by atoms with Crippen molar-refractivity contribution in [3.63, 3.8) is 0 Å². The van der Waals surface area contributed by atoms with Crippen molar-refractivity contribution in [1.82, 2.24) is 4.90 Å². The average molecular weight is 456 g/mol. The van der Waals surface area contributed by atoms with Gasteiger partial charge in [-0.3, -0.25) is 14.5 Å². The number of fused-ring (bicyclic) bond motifs is 1. The van der Waals surface area contributed by atoms with Crippen molar-refractivity contribution >= 4 is 41.0 Å². The van der Waals surface area contributed by atoms with Crippen LogP contribution in [0.3, 0.4) is 0 Å². The Balaban J connectivity index is 1.61. The summed E-state index contributed by atoms with van der Waals surface area (Å²) in [5, 5.41) is 0.358. The molecule has 1 heterocycles. The number of esters is 1. The van der Waals surface area contributed by atoms with Crippen molar-refractivity contribution in [1.29, 1.82) is 0 Å². The minimum Gasteiger partial charge on any atom is -0.496 e. The first-order valence-corrected chi connectivity index (χ1v) is 9.94. The van der Waals surface area contributed by atoms with E-state index in [4.69, 9.17) is 32.7 Å². The number of halogens is 2. The van der Waals surface area contributed by atoms with Crippen molar-refractivity contribution in [3.8, 4) is 11.5 Å². The maximum Gasteiger partial charge on any atom is 0.347 e. The highest BCUT2D eigenvalue weighted by Crippen LogP contribution is 2.33. The van der Waals surface area contributed by atoms with Gasteiger partial charge < -0.3 is 9.47 Å². The zero-order valence-electron chi connectivity index (χ0n) is 16.2. The lowest BCUT2D eigenvalue weighted by Gasteiger charge is -2.16. The molecule has 8 heteroatoms. The summed E-state index contributed by atoms with van der Waals surface area (Å²) >= 11 is 12.1. The molecule has 0 spiro atoms.